The van der Waals surface area contributed by atoms with Gasteiger partial charge in [0.2, 0.25) is 0 Å². The summed E-state index contributed by atoms with van der Waals surface area (Å²) in [5.74, 6) is -0.520. The molecule has 0 spiro atoms. The summed E-state index contributed by atoms with van der Waals surface area (Å²) in [6.45, 7) is -2.48. The van der Waals surface area contributed by atoms with Crippen molar-refractivity contribution in [3.63, 3.8) is 0 Å². The number of carbonyl (C=O) groups excluding carboxylic acids is 1. The lowest BCUT2D eigenvalue weighted by Gasteiger charge is -2.35. The molecule has 7 heteroatoms. The van der Waals surface area contributed by atoms with Crippen LogP contribution in [0, 0.1) is 0 Å². The van der Waals surface area contributed by atoms with Gasteiger partial charge < -0.3 is 15.4 Å². The second kappa shape index (κ2) is 6.80. The van der Waals surface area contributed by atoms with E-state index < -0.39 is 6.61 Å². The zero-order valence-corrected chi connectivity index (χ0v) is 12.1. The number of nitrogens with two attached hydrogens (primary N) is 1. The highest BCUT2D eigenvalue weighted by molar-refractivity contribution is 7.80. The minimum absolute atomic E-state index is 0.0981. The molecule has 1 fully saturated rings. The highest BCUT2D eigenvalue weighted by Crippen LogP contribution is 2.26. The molecule has 1 heterocycles. The molecule has 0 aromatic heterocycles. The molecule has 114 valence electrons. The summed E-state index contributed by atoms with van der Waals surface area (Å²) in [5.41, 5.74) is 5.78. The van der Waals surface area contributed by atoms with Crippen molar-refractivity contribution in [2.75, 3.05) is 6.54 Å². The second-order valence-corrected chi connectivity index (χ2v) is 5.26. The van der Waals surface area contributed by atoms with Gasteiger partial charge in [0, 0.05) is 6.54 Å². The molecule has 1 aliphatic heterocycles. The Bertz CT molecular complexity index is 539. The number of hydrogen-bond donors (Lipinski definition) is 1. The van der Waals surface area contributed by atoms with Gasteiger partial charge in [-0.1, -0.05) is 24.4 Å². The predicted molar refractivity (Wildman–Crippen MR) is 78.5 cm³/mol. The minimum Gasteiger partial charge on any atom is -0.434 e. The lowest BCUT2D eigenvalue weighted by molar-refractivity contribution is -0.0503. The fourth-order valence-electron chi connectivity index (χ4n) is 2.47. The van der Waals surface area contributed by atoms with Crippen LogP contribution in [-0.2, 0) is 0 Å². The number of alkyl halides is 2. The molecule has 21 heavy (non-hydrogen) atoms. The number of hydrogen-bond acceptors (Lipinski definition) is 3. The number of ether oxygens (including phenoxy) is 1. The van der Waals surface area contributed by atoms with E-state index in [1.54, 1.807) is 11.0 Å². The molecule has 0 radical (unpaired) electrons. The van der Waals surface area contributed by atoms with E-state index in [2.05, 4.69) is 4.74 Å². The van der Waals surface area contributed by atoms with Crippen molar-refractivity contribution in [3.05, 3.63) is 29.8 Å². The van der Waals surface area contributed by atoms with Crippen molar-refractivity contribution in [3.8, 4) is 5.75 Å². The van der Waals surface area contributed by atoms with E-state index in [4.69, 9.17) is 18.0 Å². The van der Waals surface area contributed by atoms with Gasteiger partial charge in [-0.3, -0.25) is 4.79 Å². The second-order valence-electron chi connectivity index (χ2n) is 4.79. The van der Waals surface area contributed by atoms with E-state index >= 15 is 0 Å². The Labute approximate surface area is 126 Å². The van der Waals surface area contributed by atoms with Crippen molar-refractivity contribution < 1.29 is 18.3 Å². The van der Waals surface area contributed by atoms with E-state index in [-0.39, 0.29) is 28.3 Å². The molecule has 1 saturated heterocycles. The average molecular weight is 314 g/mol. The summed E-state index contributed by atoms with van der Waals surface area (Å²) < 4.78 is 29.3. The maximum Gasteiger partial charge on any atom is 0.387 e. The van der Waals surface area contributed by atoms with Gasteiger partial charge in [-0.25, -0.2) is 0 Å². The van der Waals surface area contributed by atoms with Crippen LogP contribution in [0.3, 0.4) is 0 Å². The van der Waals surface area contributed by atoms with Crippen LogP contribution < -0.4 is 10.5 Å². The van der Waals surface area contributed by atoms with Crippen molar-refractivity contribution in [2.45, 2.75) is 31.9 Å². The molecular weight excluding hydrogens is 298 g/mol. The van der Waals surface area contributed by atoms with E-state index in [9.17, 15) is 13.6 Å². The lowest BCUT2D eigenvalue weighted by Crippen LogP contribution is -2.49. The van der Waals surface area contributed by atoms with Crippen LogP contribution >= 0.6 is 12.2 Å². The quantitative estimate of drug-likeness (QED) is 0.868. The van der Waals surface area contributed by atoms with Crippen LogP contribution in [0.1, 0.15) is 29.6 Å². The van der Waals surface area contributed by atoms with Gasteiger partial charge in [0.1, 0.15) is 5.75 Å². The topological polar surface area (TPSA) is 55.6 Å². The molecule has 1 unspecified atom stereocenters. The van der Waals surface area contributed by atoms with Gasteiger partial charge >= 0.3 is 6.61 Å². The number of thiocarbonyl (C=S) groups is 1. The third-order valence-corrected chi connectivity index (χ3v) is 3.70. The standard InChI is InChI=1S/C14H16F2N2O2S/c15-14(16)20-11-7-2-1-5-9(11)13(19)18-8-4-3-6-10(18)12(17)21/h1-2,5,7,10,14H,3-4,6,8H2,(H2,17,21). The van der Waals surface area contributed by atoms with Crippen LogP contribution in [0.4, 0.5) is 8.78 Å². The number of nitrogens with zero attached hydrogens (tertiary/aromatic N) is 1. The lowest BCUT2D eigenvalue weighted by atomic mass is 10.0. The average Bonchev–Trinajstić information content (AvgIpc) is 2.46. The fraction of sp³-hybridized carbons (Fsp3) is 0.429. The third kappa shape index (κ3) is 3.66. The first-order valence-electron chi connectivity index (χ1n) is 6.65. The molecule has 1 amide bonds. The van der Waals surface area contributed by atoms with Crippen LogP contribution in [0.25, 0.3) is 0 Å². The summed E-state index contributed by atoms with van der Waals surface area (Å²) in [5, 5.41) is 0. The van der Waals surface area contributed by atoms with Gasteiger partial charge in [0.25, 0.3) is 5.91 Å². The van der Waals surface area contributed by atoms with Crippen molar-refractivity contribution >= 4 is 23.1 Å². The van der Waals surface area contributed by atoms with Crippen molar-refractivity contribution in [1.82, 2.24) is 4.90 Å². The van der Waals surface area contributed by atoms with Crippen LogP contribution in [0.15, 0.2) is 24.3 Å². The van der Waals surface area contributed by atoms with Gasteiger partial charge in [-0.2, -0.15) is 8.78 Å². The maximum absolute atomic E-state index is 12.6. The maximum atomic E-state index is 12.6. The Balaban J connectivity index is 2.28. The molecule has 2 N–H and O–H groups in total. The van der Waals surface area contributed by atoms with Gasteiger partial charge in [0.05, 0.1) is 16.6 Å². The first-order valence-corrected chi connectivity index (χ1v) is 7.05. The van der Waals surface area contributed by atoms with Gasteiger partial charge in [-0.05, 0) is 31.4 Å². The third-order valence-electron chi connectivity index (χ3n) is 3.43. The summed E-state index contributed by atoms with van der Waals surface area (Å²) in [4.78, 5) is 14.4. The van der Waals surface area contributed by atoms with E-state index in [1.165, 1.54) is 18.2 Å². The van der Waals surface area contributed by atoms with Crippen LogP contribution in [-0.4, -0.2) is 35.0 Å². The van der Waals surface area contributed by atoms with E-state index in [0.717, 1.165) is 12.8 Å². The zero-order chi connectivity index (χ0) is 15.4. The predicted octanol–water partition coefficient (Wildman–Crippen LogP) is 2.57. The molecule has 1 atom stereocenters. The Morgan fingerprint density at radius 2 is 2.10 bits per heavy atom. The summed E-state index contributed by atoms with van der Waals surface area (Å²) in [7, 11) is 0. The molecule has 0 bridgehead atoms. The zero-order valence-electron chi connectivity index (χ0n) is 11.3. The normalized spacial score (nSPS) is 18.6. The first kappa shape index (κ1) is 15.6. The summed E-state index contributed by atoms with van der Waals surface area (Å²) in [6.07, 6.45) is 2.46. The highest BCUT2D eigenvalue weighted by Gasteiger charge is 2.30. The van der Waals surface area contributed by atoms with Crippen molar-refractivity contribution in [1.29, 1.82) is 0 Å². The molecule has 0 saturated carbocycles. The molecule has 4 nitrogen and oxygen atoms in total. The Morgan fingerprint density at radius 3 is 2.76 bits per heavy atom. The number of likely N-dealkylation sites (tertiary alicyclic amines) is 1. The Kier molecular flexibility index (Phi) is 5.06. The monoisotopic (exact) mass is 314 g/mol. The van der Waals surface area contributed by atoms with Gasteiger partial charge in [0.15, 0.2) is 0 Å². The van der Waals surface area contributed by atoms with E-state index in [0.29, 0.717) is 13.0 Å². The number of para-hydroxylation sites is 1. The van der Waals surface area contributed by atoms with Crippen molar-refractivity contribution in [2.24, 2.45) is 5.73 Å². The highest BCUT2D eigenvalue weighted by atomic mass is 32.1. The summed E-state index contributed by atoms with van der Waals surface area (Å²) >= 11 is 5.00. The molecular formula is C14H16F2N2O2S. The largest absolute Gasteiger partial charge is 0.434 e. The summed E-state index contributed by atoms with van der Waals surface area (Å²) in [6, 6.07) is 5.62. The molecule has 1 aromatic rings. The molecule has 1 aromatic carbocycles. The number of carbonyl (C=O) groups is 1. The first-order chi connectivity index (χ1) is 10.0. The van der Waals surface area contributed by atoms with E-state index in [1.807, 2.05) is 0 Å². The minimum atomic E-state index is -2.98. The molecule has 0 aliphatic carbocycles. The molecule has 2 rings (SSSR count). The van der Waals surface area contributed by atoms with Crippen LogP contribution in [0.2, 0.25) is 0 Å². The van der Waals surface area contributed by atoms with Gasteiger partial charge in [-0.15, -0.1) is 0 Å². The fourth-order valence-corrected chi connectivity index (χ4v) is 2.71. The number of rotatable bonds is 4. The smallest absolute Gasteiger partial charge is 0.387 e. The number of halogens is 2. The Hall–Kier alpha value is -1.76. The molecule has 1 aliphatic rings. The SMILES string of the molecule is NC(=S)C1CCCCN1C(=O)c1ccccc1OC(F)F. The number of piperidine rings is 1. The number of benzene rings is 1. The Morgan fingerprint density at radius 1 is 1.38 bits per heavy atom. The van der Waals surface area contributed by atoms with Crippen LogP contribution in [0.5, 0.6) is 5.75 Å². The number of amides is 1.